The second kappa shape index (κ2) is 10.6. The van der Waals surface area contributed by atoms with E-state index in [-0.39, 0.29) is 18.1 Å². The Morgan fingerprint density at radius 2 is 1.70 bits per heavy atom. The summed E-state index contributed by atoms with van der Waals surface area (Å²) >= 11 is 0. The number of hydrogen-bond donors (Lipinski definition) is 2. The highest BCUT2D eigenvalue weighted by Crippen LogP contribution is 2.23. The van der Waals surface area contributed by atoms with Gasteiger partial charge in [-0.2, -0.15) is 0 Å². The van der Waals surface area contributed by atoms with Gasteiger partial charge in [-0.25, -0.2) is 4.79 Å². The minimum atomic E-state index is -0.161. The van der Waals surface area contributed by atoms with Crippen LogP contribution in [0, 0.1) is 0 Å². The third-order valence-corrected chi connectivity index (χ3v) is 4.83. The van der Waals surface area contributed by atoms with Gasteiger partial charge in [0.1, 0.15) is 5.75 Å². The summed E-state index contributed by atoms with van der Waals surface area (Å²) in [5.41, 5.74) is 2.22. The molecule has 27 heavy (non-hydrogen) atoms. The molecule has 2 amide bonds. The fraction of sp³-hybridized carbons (Fsp3) is 0.409. The van der Waals surface area contributed by atoms with Crippen molar-refractivity contribution in [2.24, 2.45) is 0 Å². The number of methoxy groups -OCH3 is 1. The Bertz CT molecular complexity index is 702. The van der Waals surface area contributed by atoms with Gasteiger partial charge in [0.2, 0.25) is 0 Å². The number of ether oxygens (including phenoxy) is 1. The van der Waals surface area contributed by atoms with Gasteiger partial charge in [-0.05, 0) is 43.3 Å². The fourth-order valence-corrected chi connectivity index (χ4v) is 3.23. The predicted octanol–water partition coefficient (Wildman–Crippen LogP) is 4.14. The number of benzene rings is 2. The average Bonchev–Trinajstić information content (AvgIpc) is 2.71. The SMILES string of the molecule is CCN(CC)C(CNC(=O)NC(C)c1ccccc1)c1cccc(OC)c1. The van der Waals surface area contributed by atoms with E-state index >= 15 is 0 Å². The van der Waals surface area contributed by atoms with Crippen LogP contribution in [0.15, 0.2) is 54.6 Å². The highest BCUT2D eigenvalue weighted by atomic mass is 16.5. The first-order valence-electron chi connectivity index (χ1n) is 9.56. The number of carbonyl (C=O) groups excluding carboxylic acids is 1. The van der Waals surface area contributed by atoms with Crippen molar-refractivity contribution in [1.82, 2.24) is 15.5 Å². The monoisotopic (exact) mass is 369 g/mol. The number of nitrogens with one attached hydrogen (secondary N) is 2. The first kappa shape index (κ1) is 20.8. The van der Waals surface area contributed by atoms with Gasteiger partial charge >= 0.3 is 6.03 Å². The van der Waals surface area contributed by atoms with Gasteiger partial charge in [-0.15, -0.1) is 0 Å². The zero-order chi connectivity index (χ0) is 19.6. The first-order valence-corrected chi connectivity index (χ1v) is 9.56. The maximum Gasteiger partial charge on any atom is 0.315 e. The summed E-state index contributed by atoms with van der Waals surface area (Å²) in [5, 5.41) is 6.04. The molecule has 5 heteroatoms. The van der Waals surface area contributed by atoms with Crippen LogP contribution in [0.4, 0.5) is 4.79 Å². The quantitative estimate of drug-likeness (QED) is 0.698. The first-order chi connectivity index (χ1) is 13.1. The van der Waals surface area contributed by atoms with Gasteiger partial charge < -0.3 is 15.4 Å². The average molecular weight is 370 g/mol. The molecule has 0 fully saturated rings. The molecule has 2 aromatic carbocycles. The van der Waals surface area contributed by atoms with E-state index in [4.69, 9.17) is 4.74 Å². The maximum atomic E-state index is 12.4. The number of amides is 2. The molecule has 0 spiro atoms. The second-order valence-corrected chi connectivity index (χ2v) is 6.50. The second-order valence-electron chi connectivity index (χ2n) is 6.50. The predicted molar refractivity (Wildman–Crippen MR) is 110 cm³/mol. The van der Waals surface area contributed by atoms with Crippen molar-refractivity contribution in [2.45, 2.75) is 32.9 Å². The van der Waals surface area contributed by atoms with E-state index in [0.29, 0.717) is 6.54 Å². The summed E-state index contributed by atoms with van der Waals surface area (Å²) in [6.45, 7) is 8.59. The largest absolute Gasteiger partial charge is 0.497 e. The van der Waals surface area contributed by atoms with Crippen LogP contribution < -0.4 is 15.4 Å². The Morgan fingerprint density at radius 1 is 1.04 bits per heavy atom. The van der Waals surface area contributed by atoms with Crippen molar-refractivity contribution in [1.29, 1.82) is 0 Å². The molecule has 2 atom stereocenters. The maximum absolute atomic E-state index is 12.4. The molecule has 0 heterocycles. The molecule has 0 radical (unpaired) electrons. The molecule has 0 aromatic heterocycles. The summed E-state index contributed by atoms with van der Waals surface area (Å²) in [6, 6.07) is 17.9. The van der Waals surface area contributed by atoms with E-state index in [1.807, 2.05) is 55.5 Å². The van der Waals surface area contributed by atoms with E-state index in [0.717, 1.165) is 30.0 Å². The van der Waals surface area contributed by atoms with Crippen molar-refractivity contribution >= 4 is 6.03 Å². The van der Waals surface area contributed by atoms with E-state index in [1.165, 1.54) is 0 Å². The lowest BCUT2D eigenvalue weighted by atomic mass is 10.0. The highest BCUT2D eigenvalue weighted by molar-refractivity contribution is 5.74. The summed E-state index contributed by atoms with van der Waals surface area (Å²) in [6.07, 6.45) is 0. The van der Waals surface area contributed by atoms with Crippen LogP contribution in [0.2, 0.25) is 0 Å². The van der Waals surface area contributed by atoms with Crippen LogP contribution in [0.5, 0.6) is 5.75 Å². The summed E-state index contributed by atoms with van der Waals surface area (Å²) < 4.78 is 5.36. The minimum absolute atomic E-state index is 0.0464. The lowest BCUT2D eigenvalue weighted by Crippen LogP contribution is -2.42. The van der Waals surface area contributed by atoms with Crippen molar-refractivity contribution < 1.29 is 9.53 Å². The molecule has 0 bridgehead atoms. The van der Waals surface area contributed by atoms with Crippen molar-refractivity contribution in [2.75, 3.05) is 26.7 Å². The van der Waals surface area contributed by atoms with E-state index < -0.39 is 0 Å². The molecular weight excluding hydrogens is 338 g/mol. The normalized spacial score (nSPS) is 13.1. The number of carbonyl (C=O) groups is 1. The Kier molecular flexibility index (Phi) is 8.14. The zero-order valence-electron chi connectivity index (χ0n) is 16.7. The number of likely N-dealkylation sites (N-methyl/N-ethyl adjacent to an activating group) is 1. The number of rotatable bonds is 9. The van der Waals surface area contributed by atoms with E-state index in [2.05, 4.69) is 35.4 Å². The van der Waals surface area contributed by atoms with Crippen LogP contribution in [-0.4, -0.2) is 37.7 Å². The highest BCUT2D eigenvalue weighted by Gasteiger charge is 2.20. The number of nitrogens with zero attached hydrogens (tertiary/aromatic N) is 1. The molecule has 2 rings (SSSR count). The Balaban J connectivity index is 2.03. The van der Waals surface area contributed by atoms with Crippen molar-refractivity contribution in [3.05, 3.63) is 65.7 Å². The molecule has 2 N–H and O–H groups in total. The lowest BCUT2D eigenvalue weighted by molar-refractivity contribution is 0.205. The fourth-order valence-electron chi connectivity index (χ4n) is 3.23. The number of hydrogen-bond acceptors (Lipinski definition) is 3. The topological polar surface area (TPSA) is 53.6 Å². The van der Waals surface area contributed by atoms with Crippen LogP contribution in [-0.2, 0) is 0 Å². The summed E-state index contributed by atoms with van der Waals surface area (Å²) in [4.78, 5) is 14.7. The molecule has 0 aliphatic rings. The minimum Gasteiger partial charge on any atom is -0.497 e. The van der Waals surface area contributed by atoms with Crippen LogP contribution in [0.25, 0.3) is 0 Å². The van der Waals surface area contributed by atoms with Crippen LogP contribution >= 0.6 is 0 Å². The molecule has 2 aromatic rings. The Morgan fingerprint density at radius 3 is 2.33 bits per heavy atom. The van der Waals surface area contributed by atoms with Gasteiger partial charge in [0.05, 0.1) is 19.2 Å². The van der Waals surface area contributed by atoms with Crippen molar-refractivity contribution in [3.8, 4) is 5.75 Å². The molecular formula is C22H31N3O2. The molecule has 0 aliphatic heterocycles. The van der Waals surface area contributed by atoms with E-state index in [9.17, 15) is 4.79 Å². The molecule has 0 aliphatic carbocycles. The van der Waals surface area contributed by atoms with Gasteiger partial charge in [0.15, 0.2) is 0 Å². The Labute approximate surface area is 162 Å². The van der Waals surface area contributed by atoms with Gasteiger partial charge in [-0.3, -0.25) is 4.90 Å². The third kappa shape index (κ3) is 6.00. The van der Waals surface area contributed by atoms with Crippen LogP contribution in [0.3, 0.4) is 0 Å². The smallest absolute Gasteiger partial charge is 0.315 e. The summed E-state index contributed by atoms with van der Waals surface area (Å²) in [7, 11) is 1.67. The molecule has 0 saturated carbocycles. The van der Waals surface area contributed by atoms with Crippen LogP contribution in [0.1, 0.15) is 44.0 Å². The van der Waals surface area contributed by atoms with Gasteiger partial charge in [-0.1, -0.05) is 56.3 Å². The molecule has 146 valence electrons. The standard InChI is InChI=1S/C22H31N3O2/c1-5-25(6-2)21(19-13-10-14-20(15-19)27-4)16-23-22(26)24-17(3)18-11-8-7-9-12-18/h7-15,17,21H,5-6,16H2,1-4H3,(H2,23,24,26). The zero-order valence-corrected chi connectivity index (χ0v) is 16.7. The Hall–Kier alpha value is -2.53. The number of urea groups is 1. The molecule has 0 saturated heterocycles. The van der Waals surface area contributed by atoms with E-state index in [1.54, 1.807) is 7.11 Å². The van der Waals surface area contributed by atoms with Gasteiger partial charge in [0, 0.05) is 6.54 Å². The third-order valence-electron chi connectivity index (χ3n) is 4.83. The van der Waals surface area contributed by atoms with Gasteiger partial charge in [0.25, 0.3) is 0 Å². The molecule has 5 nitrogen and oxygen atoms in total. The van der Waals surface area contributed by atoms with Crippen molar-refractivity contribution in [3.63, 3.8) is 0 Å². The summed E-state index contributed by atoms with van der Waals surface area (Å²) in [5.74, 6) is 0.826. The molecule has 2 unspecified atom stereocenters. The lowest BCUT2D eigenvalue weighted by Gasteiger charge is -2.30.